The van der Waals surface area contributed by atoms with Crippen molar-refractivity contribution in [3.63, 3.8) is 0 Å². The molecule has 0 bridgehead atoms. The van der Waals surface area contributed by atoms with Gasteiger partial charge in [-0.1, -0.05) is 23.8 Å². The number of hydrogen-bond acceptors (Lipinski definition) is 2. The van der Waals surface area contributed by atoms with Crippen molar-refractivity contribution < 1.29 is 0 Å². The van der Waals surface area contributed by atoms with Gasteiger partial charge in [0.2, 0.25) is 0 Å². The SMILES string of the molecule is CNC(CCc1c(C)nn(C)c1C)c1cc(C)ccc1C. The van der Waals surface area contributed by atoms with Crippen LogP contribution in [0, 0.1) is 27.7 Å². The molecule has 0 spiro atoms. The van der Waals surface area contributed by atoms with E-state index < -0.39 is 0 Å². The van der Waals surface area contributed by atoms with Crippen molar-refractivity contribution in [1.29, 1.82) is 0 Å². The largest absolute Gasteiger partial charge is 0.313 e. The first kappa shape index (κ1) is 15.8. The number of aryl methyl sites for hydroxylation is 4. The standard InChI is InChI=1S/C18H27N3/c1-12-7-8-13(2)17(11-12)18(19-5)10-9-16-14(3)20-21(6)15(16)4/h7-8,11,18-19H,9-10H2,1-6H3. The first-order chi connectivity index (χ1) is 9.93. The van der Waals surface area contributed by atoms with Gasteiger partial charge in [-0.05, 0) is 64.3 Å². The second-order valence-corrected chi connectivity index (χ2v) is 6.01. The Morgan fingerprint density at radius 3 is 2.48 bits per heavy atom. The van der Waals surface area contributed by atoms with Crippen LogP contribution in [0.3, 0.4) is 0 Å². The van der Waals surface area contributed by atoms with E-state index in [1.807, 2.05) is 11.7 Å². The van der Waals surface area contributed by atoms with Crippen LogP contribution in [0.15, 0.2) is 18.2 Å². The fraction of sp³-hybridized carbons (Fsp3) is 0.500. The van der Waals surface area contributed by atoms with E-state index in [-0.39, 0.29) is 0 Å². The number of aromatic nitrogens is 2. The third kappa shape index (κ3) is 3.35. The van der Waals surface area contributed by atoms with E-state index in [9.17, 15) is 0 Å². The molecule has 0 amide bonds. The Balaban J connectivity index is 2.18. The summed E-state index contributed by atoms with van der Waals surface area (Å²) in [6, 6.07) is 7.10. The first-order valence-electron chi connectivity index (χ1n) is 7.67. The number of rotatable bonds is 5. The maximum absolute atomic E-state index is 4.52. The highest BCUT2D eigenvalue weighted by atomic mass is 15.3. The molecule has 3 heteroatoms. The summed E-state index contributed by atoms with van der Waals surface area (Å²) in [5.74, 6) is 0. The van der Waals surface area contributed by atoms with E-state index in [4.69, 9.17) is 0 Å². The van der Waals surface area contributed by atoms with Gasteiger partial charge in [-0.15, -0.1) is 0 Å². The van der Waals surface area contributed by atoms with Gasteiger partial charge in [0.05, 0.1) is 5.69 Å². The smallest absolute Gasteiger partial charge is 0.0628 e. The Hall–Kier alpha value is -1.61. The van der Waals surface area contributed by atoms with Gasteiger partial charge < -0.3 is 5.32 Å². The van der Waals surface area contributed by atoms with Gasteiger partial charge in [0, 0.05) is 18.8 Å². The summed E-state index contributed by atoms with van der Waals surface area (Å²) < 4.78 is 1.98. The van der Waals surface area contributed by atoms with Crippen molar-refractivity contribution in [3.05, 3.63) is 51.8 Å². The maximum atomic E-state index is 4.52. The van der Waals surface area contributed by atoms with E-state index >= 15 is 0 Å². The summed E-state index contributed by atoms with van der Waals surface area (Å²) >= 11 is 0. The summed E-state index contributed by atoms with van der Waals surface area (Å²) in [5.41, 5.74) is 7.93. The Bertz CT molecular complexity index is 626. The van der Waals surface area contributed by atoms with Crippen molar-refractivity contribution in [1.82, 2.24) is 15.1 Å². The number of hydrogen-bond donors (Lipinski definition) is 1. The molecule has 2 aromatic rings. The summed E-state index contributed by atoms with van der Waals surface area (Å²) in [5, 5.41) is 7.99. The zero-order valence-corrected chi connectivity index (χ0v) is 14.1. The van der Waals surface area contributed by atoms with E-state index in [1.165, 1.54) is 27.9 Å². The molecule has 21 heavy (non-hydrogen) atoms. The molecule has 1 aromatic heterocycles. The normalized spacial score (nSPS) is 12.7. The molecule has 0 saturated heterocycles. The summed E-state index contributed by atoms with van der Waals surface area (Å²) in [6.07, 6.45) is 2.15. The van der Waals surface area contributed by atoms with E-state index in [0.29, 0.717) is 6.04 Å². The second kappa shape index (κ2) is 6.44. The van der Waals surface area contributed by atoms with Crippen LogP contribution in [0.2, 0.25) is 0 Å². The van der Waals surface area contributed by atoms with Crippen LogP contribution in [0.4, 0.5) is 0 Å². The molecule has 1 aromatic carbocycles. The molecular weight excluding hydrogens is 258 g/mol. The van der Waals surface area contributed by atoms with Gasteiger partial charge >= 0.3 is 0 Å². The van der Waals surface area contributed by atoms with Crippen LogP contribution in [0.25, 0.3) is 0 Å². The fourth-order valence-corrected chi connectivity index (χ4v) is 3.06. The molecule has 0 aliphatic rings. The number of nitrogens with one attached hydrogen (secondary N) is 1. The maximum Gasteiger partial charge on any atom is 0.0628 e. The highest BCUT2D eigenvalue weighted by Crippen LogP contribution is 2.25. The van der Waals surface area contributed by atoms with Gasteiger partial charge in [0.15, 0.2) is 0 Å². The molecule has 3 nitrogen and oxygen atoms in total. The molecule has 0 radical (unpaired) electrons. The Morgan fingerprint density at radius 2 is 1.90 bits per heavy atom. The van der Waals surface area contributed by atoms with Crippen molar-refractivity contribution >= 4 is 0 Å². The number of benzene rings is 1. The topological polar surface area (TPSA) is 29.9 Å². The van der Waals surface area contributed by atoms with Crippen LogP contribution in [0.1, 0.15) is 46.1 Å². The monoisotopic (exact) mass is 285 g/mol. The molecule has 1 heterocycles. The Labute approximate surface area is 128 Å². The van der Waals surface area contributed by atoms with Crippen LogP contribution < -0.4 is 5.32 Å². The average molecular weight is 285 g/mol. The quantitative estimate of drug-likeness (QED) is 0.910. The summed E-state index contributed by atoms with van der Waals surface area (Å²) in [7, 11) is 4.07. The molecule has 0 aliphatic heterocycles. The van der Waals surface area contributed by atoms with Crippen molar-refractivity contribution in [2.24, 2.45) is 7.05 Å². The lowest BCUT2D eigenvalue weighted by atomic mass is 9.94. The van der Waals surface area contributed by atoms with Gasteiger partial charge in [0.25, 0.3) is 0 Å². The second-order valence-electron chi connectivity index (χ2n) is 6.01. The van der Waals surface area contributed by atoms with Gasteiger partial charge in [-0.3, -0.25) is 4.68 Å². The molecule has 2 rings (SSSR count). The molecule has 1 unspecified atom stereocenters. The highest BCUT2D eigenvalue weighted by molar-refractivity contribution is 5.33. The third-order valence-corrected chi connectivity index (χ3v) is 4.50. The van der Waals surface area contributed by atoms with Gasteiger partial charge in [0.1, 0.15) is 0 Å². The predicted octanol–water partition coefficient (Wildman–Crippen LogP) is 3.55. The Morgan fingerprint density at radius 1 is 1.19 bits per heavy atom. The van der Waals surface area contributed by atoms with E-state index in [1.54, 1.807) is 0 Å². The van der Waals surface area contributed by atoms with Crippen molar-refractivity contribution in [3.8, 4) is 0 Å². The zero-order valence-electron chi connectivity index (χ0n) is 14.1. The molecular formula is C18H27N3. The van der Waals surface area contributed by atoms with Gasteiger partial charge in [-0.25, -0.2) is 0 Å². The van der Waals surface area contributed by atoms with Crippen molar-refractivity contribution in [2.75, 3.05) is 7.05 Å². The van der Waals surface area contributed by atoms with Crippen LogP contribution in [-0.4, -0.2) is 16.8 Å². The molecule has 0 aliphatic carbocycles. The lowest BCUT2D eigenvalue weighted by Crippen LogP contribution is -2.18. The fourth-order valence-electron chi connectivity index (χ4n) is 3.06. The zero-order chi connectivity index (χ0) is 15.6. The molecule has 114 valence electrons. The lowest BCUT2D eigenvalue weighted by molar-refractivity contribution is 0.545. The highest BCUT2D eigenvalue weighted by Gasteiger charge is 2.15. The average Bonchev–Trinajstić information content (AvgIpc) is 2.69. The van der Waals surface area contributed by atoms with Gasteiger partial charge in [-0.2, -0.15) is 5.10 Å². The predicted molar refractivity (Wildman–Crippen MR) is 88.7 cm³/mol. The van der Waals surface area contributed by atoms with Crippen LogP contribution in [0.5, 0.6) is 0 Å². The number of nitrogens with zero attached hydrogens (tertiary/aromatic N) is 2. The van der Waals surface area contributed by atoms with E-state index in [2.05, 4.69) is 63.4 Å². The minimum absolute atomic E-state index is 0.393. The lowest BCUT2D eigenvalue weighted by Gasteiger charge is -2.19. The summed E-state index contributed by atoms with van der Waals surface area (Å²) in [6.45, 7) is 8.61. The Kier molecular flexibility index (Phi) is 4.84. The summed E-state index contributed by atoms with van der Waals surface area (Å²) in [4.78, 5) is 0. The van der Waals surface area contributed by atoms with Crippen LogP contribution in [-0.2, 0) is 13.5 Å². The minimum Gasteiger partial charge on any atom is -0.313 e. The first-order valence-corrected chi connectivity index (χ1v) is 7.67. The molecule has 0 fully saturated rings. The van der Waals surface area contributed by atoms with Crippen LogP contribution >= 0.6 is 0 Å². The molecule has 0 saturated carbocycles. The minimum atomic E-state index is 0.393. The molecule has 1 N–H and O–H groups in total. The van der Waals surface area contributed by atoms with E-state index in [0.717, 1.165) is 18.5 Å². The van der Waals surface area contributed by atoms with Crippen molar-refractivity contribution in [2.45, 2.75) is 46.6 Å². The third-order valence-electron chi connectivity index (χ3n) is 4.50. The molecule has 1 atom stereocenters.